The standard InChI is InChI=1S/C12H22N2/c1-5-8-9-12-10(6-2)11(7-3)13-14(12)4/h5-9H2,1-4H3. The third-order valence-electron chi connectivity index (χ3n) is 2.81. The molecule has 1 heterocycles. The predicted octanol–water partition coefficient (Wildman–Crippen LogP) is 2.89. The van der Waals surface area contributed by atoms with Crippen molar-refractivity contribution in [2.75, 3.05) is 0 Å². The molecule has 0 fully saturated rings. The maximum atomic E-state index is 4.57. The number of nitrogens with zero attached hydrogens (tertiary/aromatic N) is 2. The smallest absolute Gasteiger partial charge is 0.0656 e. The molecule has 80 valence electrons. The monoisotopic (exact) mass is 194 g/mol. The lowest BCUT2D eigenvalue weighted by molar-refractivity contribution is 0.667. The van der Waals surface area contributed by atoms with E-state index in [2.05, 4.69) is 37.6 Å². The second kappa shape index (κ2) is 5.18. The molecule has 0 saturated carbocycles. The Bertz CT molecular complexity index is 287. The Balaban J connectivity index is 2.93. The van der Waals surface area contributed by atoms with Crippen LogP contribution in [0.25, 0.3) is 0 Å². The summed E-state index contributed by atoms with van der Waals surface area (Å²) in [6.07, 6.45) is 5.90. The van der Waals surface area contributed by atoms with Crippen LogP contribution in [0, 0.1) is 0 Å². The van der Waals surface area contributed by atoms with Gasteiger partial charge in [-0.1, -0.05) is 27.2 Å². The minimum atomic E-state index is 1.06. The van der Waals surface area contributed by atoms with E-state index in [1.807, 2.05) is 0 Å². The molecule has 0 spiro atoms. The highest BCUT2D eigenvalue weighted by Gasteiger charge is 2.11. The SMILES string of the molecule is CCCCc1c(CC)c(CC)nn1C. The molecular formula is C12H22N2. The normalized spacial score (nSPS) is 10.9. The fourth-order valence-corrected chi connectivity index (χ4v) is 2.01. The third-order valence-corrected chi connectivity index (χ3v) is 2.81. The van der Waals surface area contributed by atoms with E-state index >= 15 is 0 Å². The van der Waals surface area contributed by atoms with Gasteiger partial charge in [-0.2, -0.15) is 5.10 Å². The lowest BCUT2D eigenvalue weighted by Gasteiger charge is -2.03. The highest BCUT2D eigenvalue weighted by molar-refractivity contribution is 5.26. The maximum Gasteiger partial charge on any atom is 0.0656 e. The van der Waals surface area contributed by atoms with Gasteiger partial charge in [-0.15, -0.1) is 0 Å². The summed E-state index contributed by atoms with van der Waals surface area (Å²) in [5.41, 5.74) is 4.23. The van der Waals surface area contributed by atoms with Gasteiger partial charge in [0.1, 0.15) is 0 Å². The van der Waals surface area contributed by atoms with Gasteiger partial charge in [-0.3, -0.25) is 4.68 Å². The number of hydrogen-bond acceptors (Lipinski definition) is 1. The highest BCUT2D eigenvalue weighted by atomic mass is 15.3. The summed E-state index contributed by atoms with van der Waals surface area (Å²) in [5.74, 6) is 0. The molecule has 1 rings (SSSR count). The Hall–Kier alpha value is -0.790. The zero-order valence-corrected chi connectivity index (χ0v) is 9.93. The summed E-state index contributed by atoms with van der Waals surface area (Å²) < 4.78 is 2.08. The van der Waals surface area contributed by atoms with Crippen LogP contribution in [0.5, 0.6) is 0 Å². The largest absolute Gasteiger partial charge is 0.272 e. The van der Waals surface area contributed by atoms with E-state index in [0.29, 0.717) is 0 Å². The van der Waals surface area contributed by atoms with Gasteiger partial charge in [-0.25, -0.2) is 0 Å². The first-order valence-corrected chi connectivity index (χ1v) is 5.78. The molecule has 0 aliphatic rings. The molecule has 2 heteroatoms. The van der Waals surface area contributed by atoms with Crippen molar-refractivity contribution in [2.24, 2.45) is 7.05 Å². The third kappa shape index (κ3) is 2.17. The van der Waals surface area contributed by atoms with Gasteiger partial charge in [0.15, 0.2) is 0 Å². The van der Waals surface area contributed by atoms with Gasteiger partial charge in [-0.05, 0) is 31.2 Å². The van der Waals surface area contributed by atoms with Crippen LogP contribution in [0.2, 0.25) is 0 Å². The van der Waals surface area contributed by atoms with Crippen molar-refractivity contribution in [2.45, 2.75) is 52.9 Å². The fourth-order valence-electron chi connectivity index (χ4n) is 2.01. The van der Waals surface area contributed by atoms with Gasteiger partial charge in [0, 0.05) is 12.7 Å². The van der Waals surface area contributed by atoms with Crippen LogP contribution in [-0.4, -0.2) is 9.78 Å². The molecule has 1 aromatic rings. The molecule has 14 heavy (non-hydrogen) atoms. The van der Waals surface area contributed by atoms with Crippen molar-refractivity contribution in [3.8, 4) is 0 Å². The molecule has 0 bridgehead atoms. The molecule has 0 amide bonds. The van der Waals surface area contributed by atoms with E-state index in [-0.39, 0.29) is 0 Å². The highest BCUT2D eigenvalue weighted by Crippen LogP contribution is 2.17. The van der Waals surface area contributed by atoms with Crippen LogP contribution in [-0.2, 0) is 26.3 Å². The number of aryl methyl sites for hydroxylation is 2. The minimum absolute atomic E-state index is 1.06. The number of hydrogen-bond donors (Lipinski definition) is 0. The van der Waals surface area contributed by atoms with Crippen molar-refractivity contribution < 1.29 is 0 Å². The molecule has 0 aliphatic heterocycles. The van der Waals surface area contributed by atoms with Crippen molar-refractivity contribution in [1.29, 1.82) is 0 Å². The van der Waals surface area contributed by atoms with E-state index in [1.54, 1.807) is 0 Å². The molecule has 0 N–H and O–H groups in total. The van der Waals surface area contributed by atoms with Crippen LogP contribution < -0.4 is 0 Å². The van der Waals surface area contributed by atoms with Crippen molar-refractivity contribution in [3.05, 3.63) is 17.0 Å². The van der Waals surface area contributed by atoms with Crippen LogP contribution in [0.4, 0.5) is 0 Å². The molecule has 2 nitrogen and oxygen atoms in total. The van der Waals surface area contributed by atoms with E-state index < -0.39 is 0 Å². The van der Waals surface area contributed by atoms with Crippen LogP contribution >= 0.6 is 0 Å². The summed E-state index contributed by atoms with van der Waals surface area (Å²) >= 11 is 0. The van der Waals surface area contributed by atoms with Gasteiger partial charge in [0.2, 0.25) is 0 Å². The van der Waals surface area contributed by atoms with Crippen LogP contribution in [0.1, 0.15) is 50.6 Å². The van der Waals surface area contributed by atoms with Crippen LogP contribution in [0.3, 0.4) is 0 Å². The maximum absolute atomic E-state index is 4.57. The first-order valence-electron chi connectivity index (χ1n) is 5.78. The Labute approximate surface area is 87.3 Å². The molecule has 0 saturated heterocycles. The Morgan fingerprint density at radius 1 is 1.14 bits per heavy atom. The molecule has 0 aromatic carbocycles. The van der Waals surface area contributed by atoms with Crippen LogP contribution in [0.15, 0.2) is 0 Å². The topological polar surface area (TPSA) is 17.8 Å². The van der Waals surface area contributed by atoms with Gasteiger partial charge in [0.05, 0.1) is 5.69 Å². The number of aromatic nitrogens is 2. The van der Waals surface area contributed by atoms with Gasteiger partial charge in [0.25, 0.3) is 0 Å². The summed E-state index contributed by atoms with van der Waals surface area (Å²) in [6, 6.07) is 0. The minimum Gasteiger partial charge on any atom is -0.272 e. The molecular weight excluding hydrogens is 172 g/mol. The number of unbranched alkanes of at least 4 members (excludes halogenated alkanes) is 1. The van der Waals surface area contributed by atoms with Crippen molar-refractivity contribution in [3.63, 3.8) is 0 Å². The predicted molar refractivity (Wildman–Crippen MR) is 60.6 cm³/mol. The molecule has 0 unspecified atom stereocenters. The fraction of sp³-hybridized carbons (Fsp3) is 0.750. The zero-order valence-electron chi connectivity index (χ0n) is 9.93. The summed E-state index contributed by atoms with van der Waals surface area (Å²) in [5, 5.41) is 4.57. The lowest BCUT2D eigenvalue weighted by atomic mass is 10.0. The second-order valence-corrected chi connectivity index (χ2v) is 3.81. The first kappa shape index (κ1) is 11.3. The summed E-state index contributed by atoms with van der Waals surface area (Å²) in [6.45, 7) is 6.65. The molecule has 0 aliphatic carbocycles. The van der Waals surface area contributed by atoms with E-state index in [0.717, 1.165) is 12.8 Å². The quantitative estimate of drug-likeness (QED) is 0.704. The average molecular weight is 194 g/mol. The van der Waals surface area contributed by atoms with Crippen molar-refractivity contribution >= 4 is 0 Å². The summed E-state index contributed by atoms with van der Waals surface area (Å²) in [7, 11) is 2.07. The zero-order chi connectivity index (χ0) is 10.6. The summed E-state index contributed by atoms with van der Waals surface area (Å²) in [4.78, 5) is 0. The van der Waals surface area contributed by atoms with E-state index in [1.165, 1.54) is 36.2 Å². The van der Waals surface area contributed by atoms with Gasteiger partial charge < -0.3 is 0 Å². The Kier molecular flexibility index (Phi) is 4.18. The van der Waals surface area contributed by atoms with E-state index in [9.17, 15) is 0 Å². The number of rotatable bonds is 5. The van der Waals surface area contributed by atoms with E-state index in [4.69, 9.17) is 0 Å². The molecule has 0 atom stereocenters. The van der Waals surface area contributed by atoms with Crippen molar-refractivity contribution in [1.82, 2.24) is 9.78 Å². The lowest BCUT2D eigenvalue weighted by Crippen LogP contribution is -2.00. The Morgan fingerprint density at radius 2 is 1.86 bits per heavy atom. The average Bonchev–Trinajstić information content (AvgIpc) is 2.51. The Morgan fingerprint density at radius 3 is 2.36 bits per heavy atom. The second-order valence-electron chi connectivity index (χ2n) is 3.81. The first-order chi connectivity index (χ1) is 6.74. The molecule has 0 radical (unpaired) electrons. The molecule has 1 aromatic heterocycles. The van der Waals surface area contributed by atoms with Gasteiger partial charge >= 0.3 is 0 Å².